The number of carbonyl (C=O) groups is 5. The standard InChI is InChI=1S/C26H40N4O7/c1-5-16(4)22(26(36)37)30-24(34)19(11-12-21(31)32)28-25(35)20(13-15(2)3)29-23(33)18(27)14-17-9-7-6-8-10-17/h6-10,15-16,18-20,22H,5,11-14,27H2,1-4H3,(H,28,35)(H,29,33)(H,30,34)(H,31,32)(H,36,37). The van der Waals surface area contributed by atoms with Gasteiger partial charge in [0.1, 0.15) is 18.1 Å². The first-order chi connectivity index (χ1) is 17.3. The van der Waals surface area contributed by atoms with Crippen molar-refractivity contribution in [3.63, 3.8) is 0 Å². The molecule has 1 rings (SSSR count). The van der Waals surface area contributed by atoms with E-state index >= 15 is 0 Å². The number of nitrogens with one attached hydrogen (secondary N) is 3. The van der Waals surface area contributed by atoms with Crippen LogP contribution in [-0.2, 0) is 30.4 Å². The summed E-state index contributed by atoms with van der Waals surface area (Å²) >= 11 is 0. The number of hydrogen-bond acceptors (Lipinski definition) is 6. The van der Waals surface area contributed by atoms with E-state index in [9.17, 15) is 29.1 Å². The van der Waals surface area contributed by atoms with Crippen LogP contribution in [0.25, 0.3) is 0 Å². The van der Waals surface area contributed by atoms with E-state index in [0.29, 0.717) is 6.42 Å². The molecule has 0 saturated heterocycles. The Hall–Kier alpha value is -3.47. The predicted molar refractivity (Wildman–Crippen MR) is 137 cm³/mol. The third-order valence-corrected chi connectivity index (χ3v) is 6.03. The van der Waals surface area contributed by atoms with Gasteiger partial charge in [0.15, 0.2) is 0 Å². The molecule has 11 heteroatoms. The molecule has 0 aliphatic heterocycles. The second kappa shape index (κ2) is 15.6. The molecule has 37 heavy (non-hydrogen) atoms. The van der Waals surface area contributed by atoms with E-state index in [0.717, 1.165) is 5.56 Å². The summed E-state index contributed by atoms with van der Waals surface area (Å²) in [6, 6.07) is 4.71. The van der Waals surface area contributed by atoms with Gasteiger partial charge in [-0.2, -0.15) is 0 Å². The van der Waals surface area contributed by atoms with Crippen molar-refractivity contribution in [2.75, 3.05) is 0 Å². The van der Waals surface area contributed by atoms with Crippen LogP contribution in [0.1, 0.15) is 58.9 Å². The molecule has 1 aromatic rings. The molecule has 11 nitrogen and oxygen atoms in total. The lowest BCUT2D eigenvalue weighted by Crippen LogP contribution is -2.58. The Labute approximate surface area is 217 Å². The maximum Gasteiger partial charge on any atom is 0.326 e. The minimum absolute atomic E-state index is 0.00510. The van der Waals surface area contributed by atoms with Crippen LogP contribution in [0.4, 0.5) is 0 Å². The summed E-state index contributed by atoms with van der Waals surface area (Å²) in [4.78, 5) is 61.6. The van der Waals surface area contributed by atoms with Gasteiger partial charge in [-0.15, -0.1) is 0 Å². The molecular weight excluding hydrogens is 480 g/mol. The number of nitrogens with two attached hydrogens (primary N) is 1. The molecule has 7 N–H and O–H groups in total. The van der Waals surface area contributed by atoms with Crippen LogP contribution in [-0.4, -0.2) is 64.0 Å². The summed E-state index contributed by atoms with van der Waals surface area (Å²) in [6.45, 7) is 7.15. The number of benzene rings is 1. The molecule has 1 aromatic carbocycles. The molecule has 5 unspecified atom stereocenters. The maximum atomic E-state index is 13.2. The van der Waals surface area contributed by atoms with E-state index in [2.05, 4.69) is 16.0 Å². The fourth-order valence-corrected chi connectivity index (χ4v) is 3.69. The molecule has 0 aliphatic rings. The van der Waals surface area contributed by atoms with Crippen molar-refractivity contribution in [2.24, 2.45) is 17.6 Å². The molecule has 0 fully saturated rings. The van der Waals surface area contributed by atoms with Crippen molar-refractivity contribution in [2.45, 2.75) is 84.0 Å². The lowest BCUT2D eigenvalue weighted by atomic mass is 9.98. The topological polar surface area (TPSA) is 188 Å². The van der Waals surface area contributed by atoms with Gasteiger partial charge in [-0.1, -0.05) is 64.4 Å². The number of aliphatic carboxylic acids is 2. The zero-order valence-corrected chi connectivity index (χ0v) is 21.9. The van der Waals surface area contributed by atoms with Crippen molar-refractivity contribution in [3.05, 3.63) is 35.9 Å². The van der Waals surface area contributed by atoms with Crippen LogP contribution >= 0.6 is 0 Å². The lowest BCUT2D eigenvalue weighted by Gasteiger charge is -2.27. The van der Waals surface area contributed by atoms with Gasteiger partial charge in [0.25, 0.3) is 0 Å². The summed E-state index contributed by atoms with van der Waals surface area (Å²) in [5.41, 5.74) is 6.91. The molecule has 0 saturated carbocycles. The van der Waals surface area contributed by atoms with Crippen molar-refractivity contribution >= 4 is 29.7 Å². The summed E-state index contributed by atoms with van der Waals surface area (Å²) in [5, 5.41) is 26.2. The van der Waals surface area contributed by atoms with E-state index in [1.165, 1.54) is 0 Å². The van der Waals surface area contributed by atoms with Crippen molar-refractivity contribution in [1.29, 1.82) is 0 Å². The summed E-state index contributed by atoms with van der Waals surface area (Å²) in [6.07, 6.45) is 0.305. The van der Waals surface area contributed by atoms with E-state index in [1.807, 2.05) is 44.2 Å². The Balaban J connectivity index is 3.01. The molecule has 0 aliphatic carbocycles. The average Bonchev–Trinajstić information content (AvgIpc) is 2.83. The van der Waals surface area contributed by atoms with Crippen molar-refractivity contribution in [1.82, 2.24) is 16.0 Å². The quantitative estimate of drug-likeness (QED) is 0.186. The Morgan fingerprint density at radius 3 is 1.95 bits per heavy atom. The number of amides is 3. The van der Waals surface area contributed by atoms with Gasteiger partial charge < -0.3 is 31.9 Å². The van der Waals surface area contributed by atoms with E-state index < -0.39 is 66.2 Å². The SMILES string of the molecule is CCC(C)C(NC(=O)C(CCC(=O)O)NC(=O)C(CC(C)C)NC(=O)C(N)Cc1ccccc1)C(=O)O. The fourth-order valence-electron chi connectivity index (χ4n) is 3.69. The summed E-state index contributed by atoms with van der Waals surface area (Å²) in [5.74, 6) is -4.84. The van der Waals surface area contributed by atoms with Crippen molar-refractivity contribution < 1.29 is 34.2 Å². The average molecular weight is 521 g/mol. The summed E-state index contributed by atoms with van der Waals surface area (Å²) < 4.78 is 0. The lowest BCUT2D eigenvalue weighted by molar-refractivity contribution is -0.144. The monoisotopic (exact) mass is 520 g/mol. The molecule has 0 heterocycles. The van der Waals surface area contributed by atoms with Crippen molar-refractivity contribution in [3.8, 4) is 0 Å². The van der Waals surface area contributed by atoms with Gasteiger partial charge in [-0.25, -0.2) is 4.79 Å². The molecule has 0 aromatic heterocycles. The maximum absolute atomic E-state index is 13.2. The number of hydrogen-bond donors (Lipinski definition) is 6. The van der Waals surface area contributed by atoms with Gasteiger partial charge in [0, 0.05) is 6.42 Å². The highest BCUT2D eigenvalue weighted by atomic mass is 16.4. The minimum atomic E-state index is -1.31. The highest BCUT2D eigenvalue weighted by Crippen LogP contribution is 2.11. The Kier molecular flexibility index (Phi) is 13.3. The Morgan fingerprint density at radius 2 is 1.43 bits per heavy atom. The molecule has 206 valence electrons. The first-order valence-electron chi connectivity index (χ1n) is 12.5. The molecule has 0 spiro atoms. The Morgan fingerprint density at radius 1 is 0.865 bits per heavy atom. The highest BCUT2D eigenvalue weighted by Gasteiger charge is 2.32. The van der Waals surface area contributed by atoms with E-state index in [1.54, 1.807) is 13.8 Å². The normalized spacial score (nSPS) is 15.1. The number of carboxylic acid groups (broad SMARTS) is 2. The van der Waals surface area contributed by atoms with Gasteiger partial charge in [-0.05, 0) is 36.7 Å². The molecule has 5 atom stereocenters. The predicted octanol–water partition coefficient (Wildman–Crippen LogP) is 1.05. The van der Waals surface area contributed by atoms with Crippen LogP contribution in [0.3, 0.4) is 0 Å². The first kappa shape index (κ1) is 31.6. The summed E-state index contributed by atoms with van der Waals surface area (Å²) in [7, 11) is 0. The minimum Gasteiger partial charge on any atom is -0.481 e. The van der Waals surface area contributed by atoms with E-state index in [-0.39, 0.29) is 25.2 Å². The third kappa shape index (κ3) is 11.4. The molecular formula is C26H40N4O7. The third-order valence-electron chi connectivity index (χ3n) is 6.03. The van der Waals surface area contributed by atoms with Crippen LogP contribution in [0.5, 0.6) is 0 Å². The Bertz CT molecular complexity index is 923. The zero-order chi connectivity index (χ0) is 28.1. The van der Waals surface area contributed by atoms with Gasteiger partial charge in [0.2, 0.25) is 17.7 Å². The van der Waals surface area contributed by atoms with Gasteiger partial charge in [0.05, 0.1) is 6.04 Å². The molecule has 0 bridgehead atoms. The fraction of sp³-hybridized carbons (Fsp3) is 0.577. The number of carboxylic acids is 2. The molecule has 0 radical (unpaired) electrons. The van der Waals surface area contributed by atoms with Crippen LogP contribution in [0.15, 0.2) is 30.3 Å². The second-order valence-electron chi connectivity index (χ2n) is 9.69. The first-order valence-corrected chi connectivity index (χ1v) is 12.5. The largest absolute Gasteiger partial charge is 0.481 e. The van der Waals surface area contributed by atoms with Crippen LogP contribution in [0, 0.1) is 11.8 Å². The van der Waals surface area contributed by atoms with Crippen LogP contribution < -0.4 is 21.7 Å². The number of rotatable bonds is 16. The van der Waals surface area contributed by atoms with Gasteiger partial charge in [-0.3, -0.25) is 19.2 Å². The smallest absolute Gasteiger partial charge is 0.326 e. The van der Waals surface area contributed by atoms with Crippen LogP contribution in [0.2, 0.25) is 0 Å². The van der Waals surface area contributed by atoms with E-state index in [4.69, 9.17) is 10.8 Å². The number of carbonyl (C=O) groups excluding carboxylic acids is 3. The molecule has 3 amide bonds. The van der Waals surface area contributed by atoms with Gasteiger partial charge >= 0.3 is 11.9 Å². The second-order valence-corrected chi connectivity index (χ2v) is 9.69. The zero-order valence-electron chi connectivity index (χ0n) is 21.9. The highest BCUT2D eigenvalue weighted by molar-refractivity contribution is 5.94.